The highest BCUT2D eigenvalue weighted by atomic mass is 35.5. The summed E-state index contributed by atoms with van der Waals surface area (Å²) < 4.78 is 0. The summed E-state index contributed by atoms with van der Waals surface area (Å²) in [5, 5.41) is 2.03. The lowest BCUT2D eigenvalue weighted by atomic mass is 10.0. The molecular weight excluding hydrogens is 325 g/mol. The van der Waals surface area contributed by atoms with Crippen LogP contribution in [0.5, 0.6) is 0 Å². The van der Waals surface area contributed by atoms with E-state index in [1.165, 1.54) is 4.88 Å². The topological polar surface area (TPSA) is 29.0 Å². The van der Waals surface area contributed by atoms with E-state index in [0.29, 0.717) is 0 Å². The Bertz CT molecular complexity index is 810. The molecule has 2 aromatic heterocycles. The Labute approximate surface area is 137 Å². The first-order valence-corrected chi connectivity index (χ1v) is 7.94. The van der Waals surface area contributed by atoms with Gasteiger partial charge in [0.05, 0.1) is 5.39 Å². The molecule has 21 heavy (non-hydrogen) atoms. The molecule has 108 valence electrons. The van der Waals surface area contributed by atoms with Gasteiger partial charge in [0.1, 0.15) is 10.6 Å². The molecule has 1 aromatic carbocycles. The van der Waals surface area contributed by atoms with Crippen molar-refractivity contribution in [3.63, 3.8) is 0 Å². The lowest BCUT2D eigenvalue weighted by Crippen LogP contribution is -2.11. The smallest absolute Gasteiger partial charge is 0.225 e. The number of thiophene rings is 1. The molecule has 0 atom stereocenters. The van der Waals surface area contributed by atoms with E-state index in [0.717, 1.165) is 32.2 Å². The van der Waals surface area contributed by atoms with Crippen molar-refractivity contribution in [2.45, 2.75) is 6.92 Å². The van der Waals surface area contributed by atoms with Crippen molar-refractivity contribution in [2.24, 2.45) is 0 Å². The van der Waals surface area contributed by atoms with E-state index < -0.39 is 0 Å². The summed E-state index contributed by atoms with van der Waals surface area (Å²) in [4.78, 5) is 12.8. The van der Waals surface area contributed by atoms with Gasteiger partial charge in [0.15, 0.2) is 0 Å². The lowest BCUT2D eigenvalue weighted by Gasteiger charge is -2.14. The second-order valence-electron chi connectivity index (χ2n) is 4.93. The number of rotatable bonds is 2. The molecule has 3 nitrogen and oxygen atoms in total. The van der Waals surface area contributed by atoms with Gasteiger partial charge in [-0.3, -0.25) is 0 Å². The fourth-order valence-electron chi connectivity index (χ4n) is 2.36. The fourth-order valence-corrected chi connectivity index (χ4v) is 3.74. The number of halogens is 2. The van der Waals surface area contributed by atoms with Gasteiger partial charge in [-0.25, -0.2) is 4.98 Å². The fraction of sp³-hybridized carbons (Fsp3) is 0.200. The Hall–Kier alpha value is -1.36. The minimum absolute atomic E-state index is 0.273. The van der Waals surface area contributed by atoms with Crippen molar-refractivity contribution in [2.75, 3.05) is 19.0 Å². The zero-order chi connectivity index (χ0) is 15.1. The molecule has 0 fully saturated rings. The summed E-state index contributed by atoms with van der Waals surface area (Å²) in [6, 6.07) is 7.83. The molecule has 3 rings (SSSR count). The average molecular weight is 338 g/mol. The number of aromatic nitrogens is 2. The van der Waals surface area contributed by atoms with E-state index in [1.54, 1.807) is 11.3 Å². The summed E-state index contributed by atoms with van der Waals surface area (Å²) in [6.07, 6.45) is 0. The van der Waals surface area contributed by atoms with Crippen LogP contribution in [0.25, 0.3) is 21.3 Å². The van der Waals surface area contributed by atoms with Crippen LogP contribution in [0.1, 0.15) is 4.88 Å². The molecule has 0 aliphatic heterocycles. The highest BCUT2D eigenvalue weighted by Gasteiger charge is 2.19. The number of benzene rings is 1. The summed E-state index contributed by atoms with van der Waals surface area (Å²) >= 11 is 13.7. The second-order valence-corrected chi connectivity index (χ2v) is 6.91. The predicted molar refractivity (Wildman–Crippen MR) is 91.9 cm³/mol. The largest absolute Gasteiger partial charge is 0.362 e. The van der Waals surface area contributed by atoms with Gasteiger partial charge >= 0.3 is 0 Å². The number of anilines is 1. The first kappa shape index (κ1) is 14.6. The molecule has 0 amide bonds. The SMILES string of the molecule is Cc1sc2nc(Cl)nc(N(C)C)c2c1-c1ccc(Cl)cc1. The van der Waals surface area contributed by atoms with Gasteiger partial charge in [0, 0.05) is 29.6 Å². The predicted octanol–water partition coefficient (Wildman–Crippen LogP) is 5.04. The third-order valence-electron chi connectivity index (χ3n) is 3.24. The molecule has 0 N–H and O–H groups in total. The molecule has 0 aliphatic rings. The van der Waals surface area contributed by atoms with Gasteiger partial charge in [-0.05, 0) is 36.2 Å². The minimum Gasteiger partial charge on any atom is -0.362 e. The monoisotopic (exact) mass is 337 g/mol. The van der Waals surface area contributed by atoms with Gasteiger partial charge in [0.2, 0.25) is 5.28 Å². The number of nitrogens with zero attached hydrogens (tertiary/aromatic N) is 3. The van der Waals surface area contributed by atoms with Crippen LogP contribution in [0.15, 0.2) is 24.3 Å². The van der Waals surface area contributed by atoms with E-state index in [1.807, 2.05) is 43.3 Å². The Morgan fingerprint density at radius 3 is 2.33 bits per heavy atom. The van der Waals surface area contributed by atoms with Crippen LogP contribution in [0.2, 0.25) is 10.3 Å². The van der Waals surface area contributed by atoms with E-state index in [9.17, 15) is 0 Å². The van der Waals surface area contributed by atoms with Crippen LogP contribution >= 0.6 is 34.5 Å². The number of hydrogen-bond acceptors (Lipinski definition) is 4. The maximum atomic E-state index is 6.04. The third-order valence-corrected chi connectivity index (χ3v) is 4.66. The summed E-state index contributed by atoms with van der Waals surface area (Å²) in [5.41, 5.74) is 2.25. The van der Waals surface area contributed by atoms with Crippen LogP contribution in [0, 0.1) is 6.92 Å². The number of hydrogen-bond donors (Lipinski definition) is 0. The molecule has 0 radical (unpaired) electrons. The van der Waals surface area contributed by atoms with E-state index in [-0.39, 0.29) is 5.28 Å². The molecule has 0 aliphatic carbocycles. The Kier molecular flexibility index (Phi) is 3.78. The summed E-state index contributed by atoms with van der Waals surface area (Å²) in [7, 11) is 3.91. The zero-order valence-corrected chi connectivity index (χ0v) is 14.1. The number of aryl methyl sites for hydroxylation is 1. The van der Waals surface area contributed by atoms with Crippen molar-refractivity contribution >= 4 is 50.6 Å². The normalized spacial score (nSPS) is 11.1. The summed E-state index contributed by atoms with van der Waals surface area (Å²) in [5.74, 6) is 0.833. The second kappa shape index (κ2) is 5.44. The van der Waals surface area contributed by atoms with E-state index in [2.05, 4.69) is 16.9 Å². The van der Waals surface area contributed by atoms with Gasteiger partial charge in [-0.2, -0.15) is 4.98 Å². The van der Waals surface area contributed by atoms with E-state index >= 15 is 0 Å². The Morgan fingerprint density at radius 1 is 1.05 bits per heavy atom. The maximum Gasteiger partial charge on any atom is 0.225 e. The Balaban J connectivity index is 2.37. The average Bonchev–Trinajstić information content (AvgIpc) is 2.74. The lowest BCUT2D eigenvalue weighted by molar-refractivity contribution is 1.06. The molecule has 0 saturated heterocycles. The molecule has 0 unspecified atom stereocenters. The van der Waals surface area contributed by atoms with Crippen LogP contribution in [0.3, 0.4) is 0 Å². The molecule has 6 heteroatoms. The quantitative estimate of drug-likeness (QED) is 0.613. The van der Waals surface area contributed by atoms with Crippen molar-refractivity contribution in [1.82, 2.24) is 9.97 Å². The van der Waals surface area contributed by atoms with Crippen LogP contribution in [-0.2, 0) is 0 Å². The van der Waals surface area contributed by atoms with Crippen LogP contribution in [-0.4, -0.2) is 24.1 Å². The zero-order valence-electron chi connectivity index (χ0n) is 11.8. The van der Waals surface area contributed by atoms with Crippen LogP contribution < -0.4 is 4.90 Å². The van der Waals surface area contributed by atoms with E-state index in [4.69, 9.17) is 23.2 Å². The molecule has 0 bridgehead atoms. The Morgan fingerprint density at radius 2 is 1.71 bits per heavy atom. The number of fused-ring (bicyclic) bond motifs is 1. The molecular formula is C15H13Cl2N3S. The maximum absolute atomic E-state index is 6.04. The van der Waals surface area contributed by atoms with Crippen molar-refractivity contribution in [3.05, 3.63) is 39.4 Å². The molecule has 2 heterocycles. The molecule has 0 saturated carbocycles. The highest BCUT2D eigenvalue weighted by Crippen LogP contribution is 2.41. The van der Waals surface area contributed by atoms with Gasteiger partial charge < -0.3 is 4.90 Å². The van der Waals surface area contributed by atoms with Gasteiger partial charge in [-0.1, -0.05) is 23.7 Å². The molecule has 0 spiro atoms. The van der Waals surface area contributed by atoms with Gasteiger partial charge in [-0.15, -0.1) is 11.3 Å². The first-order chi connectivity index (χ1) is 9.97. The third kappa shape index (κ3) is 2.59. The van der Waals surface area contributed by atoms with Crippen molar-refractivity contribution in [3.8, 4) is 11.1 Å². The van der Waals surface area contributed by atoms with Crippen molar-refractivity contribution in [1.29, 1.82) is 0 Å². The summed E-state index contributed by atoms with van der Waals surface area (Å²) in [6.45, 7) is 2.09. The standard InChI is InChI=1S/C15H13Cl2N3S/c1-8-11(9-4-6-10(16)7-5-9)12-13(20(2)3)18-15(17)19-14(12)21-8/h4-7H,1-3H3. The van der Waals surface area contributed by atoms with Crippen molar-refractivity contribution < 1.29 is 0 Å². The minimum atomic E-state index is 0.273. The van der Waals surface area contributed by atoms with Gasteiger partial charge in [0.25, 0.3) is 0 Å². The first-order valence-electron chi connectivity index (χ1n) is 6.37. The van der Waals surface area contributed by atoms with Crippen LogP contribution in [0.4, 0.5) is 5.82 Å². The molecule has 3 aromatic rings. The highest BCUT2D eigenvalue weighted by molar-refractivity contribution is 7.19.